The topological polar surface area (TPSA) is 152 Å². The molecule has 4 amide bonds. The first-order valence-corrected chi connectivity index (χ1v) is 17.7. The number of nitriles is 1. The minimum atomic E-state index is -1.01. The van der Waals surface area contributed by atoms with E-state index in [1.165, 1.54) is 24.4 Å². The number of carbonyl (C=O) groups excluding carboxylic acids is 4. The van der Waals surface area contributed by atoms with Crippen molar-refractivity contribution in [2.45, 2.75) is 70.5 Å². The summed E-state index contributed by atoms with van der Waals surface area (Å²) in [7, 11) is 1.98. The van der Waals surface area contributed by atoms with Crippen molar-refractivity contribution >= 4 is 40.7 Å². The highest BCUT2D eigenvalue weighted by molar-refractivity contribution is 7.12. The van der Waals surface area contributed by atoms with E-state index in [2.05, 4.69) is 25.9 Å². The van der Waals surface area contributed by atoms with E-state index in [0.717, 1.165) is 43.4 Å². The van der Waals surface area contributed by atoms with Crippen LogP contribution in [0.25, 0.3) is 0 Å². The minimum Gasteiger partial charge on any atom is -0.339 e. The van der Waals surface area contributed by atoms with Crippen molar-refractivity contribution in [3.05, 3.63) is 69.4 Å². The molecule has 12 nitrogen and oxygen atoms in total. The van der Waals surface area contributed by atoms with E-state index in [0.29, 0.717) is 54.4 Å². The van der Waals surface area contributed by atoms with E-state index in [1.807, 2.05) is 20.0 Å². The molecule has 2 fully saturated rings. The molecule has 0 radical (unpaired) electrons. The zero-order valence-electron chi connectivity index (χ0n) is 28.1. The van der Waals surface area contributed by atoms with Gasteiger partial charge in [-0.05, 0) is 62.6 Å². The lowest BCUT2D eigenvalue weighted by Gasteiger charge is -2.36. The maximum Gasteiger partial charge on any atom is 0.270 e. The van der Waals surface area contributed by atoms with Gasteiger partial charge in [0.25, 0.3) is 11.8 Å². The lowest BCUT2D eigenvalue weighted by atomic mass is 9.83. The molecule has 1 aliphatic heterocycles. The Bertz CT molecular complexity index is 1700. The van der Waals surface area contributed by atoms with Gasteiger partial charge in [-0.3, -0.25) is 23.9 Å². The summed E-state index contributed by atoms with van der Waals surface area (Å²) in [6, 6.07) is 7.55. The van der Waals surface area contributed by atoms with Crippen molar-refractivity contribution in [3.8, 4) is 6.07 Å². The summed E-state index contributed by atoms with van der Waals surface area (Å²) < 4.78 is 17.3. The zero-order chi connectivity index (χ0) is 35.1. The first-order chi connectivity index (χ1) is 23.6. The summed E-state index contributed by atoms with van der Waals surface area (Å²) in [5.41, 5.74) is 1.10. The van der Waals surface area contributed by atoms with Crippen molar-refractivity contribution < 1.29 is 23.6 Å². The normalized spacial score (nSPS) is 17.4. The second-order valence-corrected chi connectivity index (χ2v) is 13.7. The Morgan fingerprint density at radius 3 is 2.43 bits per heavy atom. The first-order valence-electron chi connectivity index (χ1n) is 16.8. The van der Waals surface area contributed by atoms with Crippen molar-refractivity contribution in [1.29, 1.82) is 5.26 Å². The quantitative estimate of drug-likeness (QED) is 0.275. The second kappa shape index (κ2) is 16.2. The predicted octanol–water partition coefficient (Wildman–Crippen LogP) is 3.97. The van der Waals surface area contributed by atoms with Gasteiger partial charge in [-0.1, -0.05) is 32.3 Å². The van der Waals surface area contributed by atoms with Crippen LogP contribution in [0.3, 0.4) is 0 Å². The van der Waals surface area contributed by atoms with Crippen LogP contribution in [0.15, 0.2) is 41.9 Å². The second-order valence-electron chi connectivity index (χ2n) is 12.8. The van der Waals surface area contributed by atoms with Crippen LogP contribution in [0.1, 0.15) is 83.2 Å². The lowest BCUT2D eigenvalue weighted by molar-refractivity contribution is -0.135. The van der Waals surface area contributed by atoms with Gasteiger partial charge in [0.1, 0.15) is 29.7 Å². The predicted molar refractivity (Wildman–Crippen MR) is 184 cm³/mol. The summed E-state index contributed by atoms with van der Waals surface area (Å²) in [5.74, 6) is -3.14. The van der Waals surface area contributed by atoms with E-state index in [4.69, 9.17) is 0 Å². The number of aryl methyl sites for hydroxylation is 1. The van der Waals surface area contributed by atoms with Crippen LogP contribution in [-0.4, -0.2) is 88.5 Å². The Morgan fingerprint density at radius 1 is 1.04 bits per heavy atom. The molecule has 5 rings (SSSR count). The molecule has 1 saturated heterocycles. The number of halogens is 1. The fraction of sp³-hybridized carbons (Fsp3) is 0.486. The number of benzene rings is 1. The number of anilines is 1. The van der Waals surface area contributed by atoms with Gasteiger partial charge in [-0.25, -0.2) is 4.39 Å². The summed E-state index contributed by atoms with van der Waals surface area (Å²) in [6.45, 7) is 6.46. The fourth-order valence-electron chi connectivity index (χ4n) is 6.53. The summed E-state index contributed by atoms with van der Waals surface area (Å²) in [4.78, 5) is 58.1. The smallest absolute Gasteiger partial charge is 0.270 e. The Morgan fingerprint density at radius 2 is 1.78 bits per heavy atom. The number of amides is 4. The number of likely N-dealkylation sites (N-methyl/N-ethyl adjacent to an activating group) is 1. The number of hydrogen-bond donors (Lipinski definition) is 3. The van der Waals surface area contributed by atoms with Gasteiger partial charge < -0.3 is 25.8 Å². The highest BCUT2D eigenvalue weighted by Crippen LogP contribution is 2.29. The van der Waals surface area contributed by atoms with Crippen LogP contribution in [-0.2, 0) is 16.1 Å². The molecule has 3 heterocycles. The van der Waals surface area contributed by atoms with Crippen molar-refractivity contribution in [2.24, 2.45) is 5.92 Å². The molecule has 3 atom stereocenters. The monoisotopic (exact) mass is 690 g/mol. The number of thiophene rings is 1. The average molecular weight is 691 g/mol. The van der Waals surface area contributed by atoms with E-state index in [1.54, 1.807) is 34.0 Å². The van der Waals surface area contributed by atoms with E-state index < -0.39 is 41.5 Å². The van der Waals surface area contributed by atoms with Gasteiger partial charge >= 0.3 is 0 Å². The number of piperazine rings is 1. The van der Waals surface area contributed by atoms with Gasteiger partial charge in [0.15, 0.2) is 0 Å². The van der Waals surface area contributed by atoms with Gasteiger partial charge in [-0.15, -0.1) is 11.3 Å². The number of nitrogens with zero attached hydrogens (tertiary/aromatic N) is 5. The third-order valence-corrected chi connectivity index (χ3v) is 10.5. The molecular weight excluding hydrogens is 648 g/mol. The molecule has 3 aromatic rings. The van der Waals surface area contributed by atoms with Crippen molar-refractivity contribution in [3.63, 3.8) is 0 Å². The molecule has 2 aromatic heterocycles. The zero-order valence-corrected chi connectivity index (χ0v) is 28.9. The van der Waals surface area contributed by atoms with Crippen LogP contribution in [0.2, 0.25) is 0 Å². The molecule has 2 aliphatic rings. The highest BCUT2D eigenvalue weighted by atomic mass is 32.1. The Hall–Kier alpha value is -4.61. The van der Waals surface area contributed by atoms with Crippen molar-refractivity contribution in [2.75, 3.05) is 38.5 Å². The number of hydrogen-bond acceptors (Lipinski definition) is 8. The third kappa shape index (κ3) is 8.52. The summed E-state index contributed by atoms with van der Waals surface area (Å²) in [5, 5.41) is 23.4. The third-order valence-electron chi connectivity index (χ3n) is 9.54. The molecule has 0 bridgehead atoms. The molecule has 0 unspecified atom stereocenters. The highest BCUT2D eigenvalue weighted by Gasteiger charge is 2.35. The fourth-order valence-corrected chi connectivity index (χ4v) is 7.26. The molecule has 1 saturated carbocycles. The maximum atomic E-state index is 15.8. The molecule has 0 spiro atoms. The molecule has 49 heavy (non-hydrogen) atoms. The Labute approximate surface area is 289 Å². The standard InChI is InChI=1S/C35H43FN8O4S/c1-4-44-28(12-13-38-44)32(45)41-31(24-8-6-5-7-9-24)34(47)39-27-11-10-25(19-26(27)36)22(2)30(35(48)43-16-14-42(3)15-17-43)40-33(46)29-18-23(20-37)21-49-29/h10-13,18-19,21-22,24,30-31H,4-9,14-17H2,1-3H3,(H,39,47)(H,40,46)(H,41,45)/t22-,30+,31-/m0/s1. The summed E-state index contributed by atoms with van der Waals surface area (Å²) >= 11 is 1.11. The number of nitrogens with one attached hydrogen (secondary N) is 3. The van der Waals surface area contributed by atoms with Crippen LogP contribution in [0.4, 0.5) is 10.1 Å². The number of carbonyl (C=O) groups is 4. The number of rotatable bonds is 11. The molecule has 260 valence electrons. The van der Waals surface area contributed by atoms with Gasteiger partial charge in [-0.2, -0.15) is 10.4 Å². The van der Waals surface area contributed by atoms with Gasteiger partial charge in [0, 0.05) is 50.2 Å². The van der Waals surface area contributed by atoms with Gasteiger partial charge in [0.2, 0.25) is 11.8 Å². The maximum absolute atomic E-state index is 15.8. The SMILES string of the molecule is CCn1nccc1C(=O)N[C@H](C(=O)Nc1ccc([C@H](C)[C@@H](NC(=O)c2cc(C#N)cs2)C(=O)N2CCN(C)CC2)cc1F)C1CCCCC1. The molecule has 1 aromatic carbocycles. The molecular formula is C35H43FN8O4S. The van der Waals surface area contributed by atoms with E-state index in [-0.39, 0.29) is 17.5 Å². The molecule has 1 aliphatic carbocycles. The van der Waals surface area contributed by atoms with Crippen LogP contribution < -0.4 is 16.0 Å². The first kappa shape index (κ1) is 35.7. The van der Waals surface area contributed by atoms with Crippen LogP contribution in [0, 0.1) is 23.1 Å². The number of aromatic nitrogens is 2. The lowest BCUT2D eigenvalue weighted by Crippen LogP contribution is -2.55. The van der Waals surface area contributed by atoms with Crippen molar-refractivity contribution in [1.82, 2.24) is 30.2 Å². The Balaban J connectivity index is 1.35. The largest absolute Gasteiger partial charge is 0.339 e. The average Bonchev–Trinajstić information content (AvgIpc) is 3.81. The Kier molecular flexibility index (Phi) is 11.8. The van der Waals surface area contributed by atoms with Crippen LogP contribution in [0.5, 0.6) is 0 Å². The van der Waals surface area contributed by atoms with Crippen LogP contribution >= 0.6 is 11.3 Å². The van der Waals surface area contributed by atoms with E-state index in [9.17, 15) is 24.4 Å². The molecule has 3 N–H and O–H groups in total. The molecule has 14 heteroatoms. The summed E-state index contributed by atoms with van der Waals surface area (Å²) in [6.07, 6.45) is 6.00. The van der Waals surface area contributed by atoms with E-state index >= 15 is 4.39 Å². The minimum absolute atomic E-state index is 0.0526. The van der Waals surface area contributed by atoms with Gasteiger partial charge in [0.05, 0.1) is 16.1 Å².